The zero-order valence-electron chi connectivity index (χ0n) is 12.2. The summed E-state index contributed by atoms with van der Waals surface area (Å²) in [6, 6.07) is 9.05. The first kappa shape index (κ1) is 16.0. The van der Waals surface area contributed by atoms with Gasteiger partial charge in [0, 0.05) is 0 Å². The third kappa shape index (κ3) is 3.25. The van der Waals surface area contributed by atoms with Gasteiger partial charge < -0.3 is 11.5 Å². The Morgan fingerprint density at radius 3 is 2.27 bits per heavy atom. The smallest absolute Gasteiger partial charge is 0.251 e. The highest BCUT2D eigenvalue weighted by molar-refractivity contribution is 8.00. The average molecular weight is 316 g/mol. The number of carbonyl (C=O) groups is 2. The summed E-state index contributed by atoms with van der Waals surface area (Å²) >= 11 is 1.08. The van der Waals surface area contributed by atoms with E-state index in [2.05, 4.69) is 10.2 Å². The lowest BCUT2D eigenvalue weighted by Gasteiger charge is -2.15. The lowest BCUT2D eigenvalue weighted by Crippen LogP contribution is -2.21. The molecule has 2 amide bonds. The van der Waals surface area contributed by atoms with Gasteiger partial charge in [-0.05, 0) is 25.0 Å². The summed E-state index contributed by atoms with van der Waals surface area (Å²) in [6.45, 7) is 3.49. The minimum absolute atomic E-state index is 0.277. The van der Waals surface area contributed by atoms with E-state index in [-0.39, 0.29) is 5.56 Å². The quantitative estimate of drug-likeness (QED) is 0.812. The molecule has 7 heteroatoms. The normalized spacial score (nSPS) is 11.9. The molecule has 4 N–H and O–H groups in total. The van der Waals surface area contributed by atoms with Gasteiger partial charge in [0.25, 0.3) is 5.91 Å². The number of nitrogens with two attached hydrogens (primary N) is 2. The largest absolute Gasteiger partial charge is 0.368 e. The molecule has 0 aliphatic heterocycles. The standard InChI is InChI=1S/C15H16N4O2S/c1-8-9(2)18-19-15(11(8)13(16)20)22-12(14(17)21)10-6-4-3-5-7-10/h3-7,12H,1-2H3,(H2,16,20)(H2,17,21)/t12-/m0/s1. The predicted molar refractivity (Wildman–Crippen MR) is 84.3 cm³/mol. The first-order chi connectivity index (χ1) is 10.4. The van der Waals surface area contributed by atoms with Gasteiger partial charge in [-0.2, -0.15) is 5.10 Å². The Kier molecular flexibility index (Phi) is 4.77. The summed E-state index contributed by atoms with van der Waals surface area (Å²) in [4.78, 5) is 23.5. The van der Waals surface area contributed by atoms with Crippen molar-refractivity contribution in [2.75, 3.05) is 0 Å². The van der Waals surface area contributed by atoms with Crippen LogP contribution in [0, 0.1) is 13.8 Å². The van der Waals surface area contributed by atoms with E-state index in [4.69, 9.17) is 11.5 Å². The lowest BCUT2D eigenvalue weighted by atomic mass is 10.1. The first-order valence-corrected chi connectivity index (χ1v) is 7.44. The van der Waals surface area contributed by atoms with Gasteiger partial charge in [0.05, 0.1) is 11.3 Å². The molecule has 0 saturated carbocycles. The van der Waals surface area contributed by atoms with Gasteiger partial charge in [-0.15, -0.1) is 5.10 Å². The minimum atomic E-state index is -0.671. The predicted octanol–water partition coefficient (Wildman–Crippen LogP) is 1.51. The zero-order valence-corrected chi connectivity index (χ0v) is 13.1. The van der Waals surface area contributed by atoms with Crippen molar-refractivity contribution in [2.45, 2.75) is 24.1 Å². The second-order valence-electron chi connectivity index (χ2n) is 4.77. The molecule has 114 valence electrons. The van der Waals surface area contributed by atoms with E-state index in [1.54, 1.807) is 26.0 Å². The molecule has 0 radical (unpaired) electrons. The number of primary amides is 2. The van der Waals surface area contributed by atoms with Crippen LogP contribution in [0.4, 0.5) is 0 Å². The average Bonchev–Trinajstić information content (AvgIpc) is 2.48. The molecule has 6 nitrogen and oxygen atoms in total. The highest BCUT2D eigenvalue weighted by atomic mass is 32.2. The van der Waals surface area contributed by atoms with Crippen molar-refractivity contribution in [1.29, 1.82) is 0 Å². The number of hydrogen-bond acceptors (Lipinski definition) is 5. The van der Waals surface area contributed by atoms with Gasteiger partial charge in [-0.1, -0.05) is 42.1 Å². The van der Waals surface area contributed by atoms with Crippen LogP contribution in [0.1, 0.15) is 32.4 Å². The number of carbonyl (C=O) groups excluding carboxylic acids is 2. The number of aromatic nitrogens is 2. The molecule has 0 saturated heterocycles. The van der Waals surface area contributed by atoms with Crippen molar-refractivity contribution in [3.63, 3.8) is 0 Å². The van der Waals surface area contributed by atoms with Crippen LogP contribution in [0.5, 0.6) is 0 Å². The van der Waals surface area contributed by atoms with E-state index in [1.165, 1.54) is 0 Å². The molecule has 0 aliphatic rings. The van der Waals surface area contributed by atoms with E-state index in [1.807, 2.05) is 18.2 Å². The number of benzene rings is 1. The number of hydrogen-bond donors (Lipinski definition) is 2. The molecule has 1 atom stereocenters. The van der Waals surface area contributed by atoms with Crippen molar-refractivity contribution < 1.29 is 9.59 Å². The summed E-state index contributed by atoms with van der Waals surface area (Å²) in [6.07, 6.45) is 0. The molecule has 2 aromatic rings. The molecule has 0 spiro atoms. The van der Waals surface area contributed by atoms with Crippen LogP contribution in [0.2, 0.25) is 0 Å². The van der Waals surface area contributed by atoms with Gasteiger partial charge in [0.15, 0.2) is 0 Å². The van der Waals surface area contributed by atoms with Gasteiger partial charge in [0.2, 0.25) is 5.91 Å². The van der Waals surface area contributed by atoms with Crippen molar-refractivity contribution >= 4 is 23.6 Å². The van der Waals surface area contributed by atoms with E-state index in [0.29, 0.717) is 16.3 Å². The summed E-state index contributed by atoms with van der Waals surface area (Å²) in [5.41, 5.74) is 13.2. The van der Waals surface area contributed by atoms with E-state index < -0.39 is 17.1 Å². The Morgan fingerprint density at radius 2 is 1.73 bits per heavy atom. The van der Waals surface area contributed by atoms with Crippen LogP contribution < -0.4 is 11.5 Å². The Morgan fingerprint density at radius 1 is 1.09 bits per heavy atom. The third-order valence-corrected chi connectivity index (χ3v) is 4.51. The maximum absolute atomic E-state index is 11.8. The summed E-state index contributed by atoms with van der Waals surface area (Å²) in [7, 11) is 0. The maximum atomic E-state index is 11.8. The minimum Gasteiger partial charge on any atom is -0.368 e. The molecule has 0 unspecified atom stereocenters. The van der Waals surface area contributed by atoms with Gasteiger partial charge in [-0.3, -0.25) is 9.59 Å². The molecule has 0 bridgehead atoms. The number of rotatable bonds is 5. The van der Waals surface area contributed by atoms with Gasteiger partial charge in [-0.25, -0.2) is 0 Å². The number of aryl methyl sites for hydroxylation is 1. The Hall–Kier alpha value is -2.41. The number of amides is 2. The molecular weight excluding hydrogens is 300 g/mol. The first-order valence-electron chi connectivity index (χ1n) is 6.56. The maximum Gasteiger partial charge on any atom is 0.251 e. The fraction of sp³-hybridized carbons (Fsp3) is 0.200. The van der Waals surface area contributed by atoms with Crippen LogP contribution in [0.25, 0.3) is 0 Å². The Balaban J connectivity index is 2.46. The lowest BCUT2D eigenvalue weighted by molar-refractivity contribution is -0.117. The second-order valence-corrected chi connectivity index (χ2v) is 5.86. The topological polar surface area (TPSA) is 112 Å². The van der Waals surface area contributed by atoms with Crippen LogP contribution in [0.15, 0.2) is 35.4 Å². The van der Waals surface area contributed by atoms with E-state index in [0.717, 1.165) is 17.3 Å². The SMILES string of the molecule is Cc1nnc(S[C@H](C(N)=O)c2ccccc2)c(C(N)=O)c1C. The molecule has 0 aliphatic carbocycles. The van der Waals surface area contributed by atoms with Crippen molar-refractivity contribution in [2.24, 2.45) is 11.5 Å². The fourth-order valence-corrected chi connectivity index (χ4v) is 3.08. The molecule has 1 heterocycles. The Labute approximate surface area is 132 Å². The van der Waals surface area contributed by atoms with Gasteiger partial charge in [0.1, 0.15) is 10.3 Å². The second kappa shape index (κ2) is 6.57. The van der Waals surface area contributed by atoms with E-state index >= 15 is 0 Å². The zero-order chi connectivity index (χ0) is 16.3. The summed E-state index contributed by atoms with van der Waals surface area (Å²) < 4.78 is 0. The highest BCUT2D eigenvalue weighted by Crippen LogP contribution is 2.36. The highest BCUT2D eigenvalue weighted by Gasteiger charge is 2.24. The fourth-order valence-electron chi connectivity index (χ4n) is 1.99. The Bertz CT molecular complexity index is 719. The van der Waals surface area contributed by atoms with Crippen LogP contribution in [0.3, 0.4) is 0 Å². The molecule has 1 aromatic heterocycles. The van der Waals surface area contributed by atoms with Crippen molar-refractivity contribution in [3.05, 3.63) is 52.7 Å². The number of nitrogens with zero attached hydrogens (tertiary/aromatic N) is 2. The van der Waals surface area contributed by atoms with E-state index in [9.17, 15) is 9.59 Å². The molecule has 22 heavy (non-hydrogen) atoms. The van der Waals surface area contributed by atoms with Crippen LogP contribution >= 0.6 is 11.8 Å². The third-order valence-electron chi connectivity index (χ3n) is 3.26. The van der Waals surface area contributed by atoms with Gasteiger partial charge >= 0.3 is 0 Å². The van der Waals surface area contributed by atoms with Crippen LogP contribution in [-0.2, 0) is 4.79 Å². The monoisotopic (exact) mass is 316 g/mol. The van der Waals surface area contributed by atoms with Crippen molar-refractivity contribution in [1.82, 2.24) is 10.2 Å². The molecular formula is C15H16N4O2S. The summed E-state index contributed by atoms with van der Waals surface area (Å²) in [5.74, 6) is -1.12. The summed E-state index contributed by atoms with van der Waals surface area (Å²) in [5, 5.41) is 7.65. The van der Waals surface area contributed by atoms with Crippen LogP contribution in [-0.4, -0.2) is 22.0 Å². The molecule has 1 aromatic carbocycles. The molecule has 0 fully saturated rings. The number of thioether (sulfide) groups is 1. The molecule has 2 rings (SSSR count). The van der Waals surface area contributed by atoms with Crippen molar-refractivity contribution in [3.8, 4) is 0 Å².